The quantitative estimate of drug-likeness (QED) is 0.697. The van der Waals surface area contributed by atoms with Crippen LogP contribution in [0.3, 0.4) is 0 Å². The van der Waals surface area contributed by atoms with E-state index in [0.29, 0.717) is 11.8 Å². The minimum absolute atomic E-state index is 0.0254. The Bertz CT molecular complexity index is 237. The molecule has 0 radical (unpaired) electrons. The summed E-state index contributed by atoms with van der Waals surface area (Å²) >= 11 is 0. The van der Waals surface area contributed by atoms with Crippen molar-refractivity contribution >= 4 is 11.7 Å². The van der Waals surface area contributed by atoms with Crippen LogP contribution in [-0.2, 0) is 9.59 Å². The van der Waals surface area contributed by atoms with E-state index in [1.54, 1.807) is 0 Å². The Kier molecular flexibility index (Phi) is 3.67. The average molecular weight is 197 g/mol. The Labute approximate surface area is 85.3 Å². The number of ketones is 1. The van der Waals surface area contributed by atoms with E-state index in [1.807, 2.05) is 0 Å². The van der Waals surface area contributed by atoms with Crippen LogP contribution in [0.15, 0.2) is 0 Å². The van der Waals surface area contributed by atoms with Gasteiger partial charge < -0.3 is 5.32 Å². The van der Waals surface area contributed by atoms with Crippen molar-refractivity contribution in [3.63, 3.8) is 0 Å². The summed E-state index contributed by atoms with van der Waals surface area (Å²) in [6, 6.07) is 0.275. The van der Waals surface area contributed by atoms with E-state index in [0.717, 1.165) is 6.42 Å². The van der Waals surface area contributed by atoms with Crippen molar-refractivity contribution in [2.75, 3.05) is 0 Å². The maximum Gasteiger partial charge on any atom is 0.227 e. The molecule has 0 aliphatic heterocycles. The largest absolute Gasteiger partial charge is 0.353 e. The van der Waals surface area contributed by atoms with E-state index in [-0.39, 0.29) is 24.2 Å². The number of carbonyl (C=O) groups is 2. The summed E-state index contributed by atoms with van der Waals surface area (Å²) in [5, 5.41) is 2.93. The van der Waals surface area contributed by atoms with Crippen molar-refractivity contribution in [3.8, 4) is 0 Å². The molecule has 0 aromatic carbocycles. The fraction of sp³-hybridized carbons (Fsp3) is 0.818. The second kappa shape index (κ2) is 4.58. The maximum absolute atomic E-state index is 11.3. The molecule has 3 nitrogen and oxygen atoms in total. The highest BCUT2D eigenvalue weighted by molar-refractivity contribution is 5.96. The second-order valence-electron chi connectivity index (χ2n) is 4.47. The van der Waals surface area contributed by atoms with Crippen LogP contribution in [0.5, 0.6) is 0 Å². The molecule has 80 valence electrons. The third-order valence-electron chi connectivity index (χ3n) is 3.22. The predicted molar refractivity (Wildman–Crippen MR) is 54.8 cm³/mol. The van der Waals surface area contributed by atoms with Crippen LogP contribution < -0.4 is 5.32 Å². The van der Waals surface area contributed by atoms with Crippen molar-refractivity contribution in [3.05, 3.63) is 0 Å². The van der Waals surface area contributed by atoms with Gasteiger partial charge in [-0.3, -0.25) is 9.59 Å². The average Bonchev–Trinajstić information content (AvgIpc) is 2.34. The Morgan fingerprint density at radius 3 is 2.36 bits per heavy atom. The van der Waals surface area contributed by atoms with Gasteiger partial charge in [-0.15, -0.1) is 0 Å². The zero-order chi connectivity index (χ0) is 10.7. The number of rotatable bonds is 3. The van der Waals surface area contributed by atoms with E-state index in [2.05, 4.69) is 19.2 Å². The van der Waals surface area contributed by atoms with Crippen LogP contribution in [0, 0.1) is 11.8 Å². The molecule has 1 amide bonds. The van der Waals surface area contributed by atoms with Crippen molar-refractivity contribution in [2.24, 2.45) is 11.8 Å². The molecule has 0 saturated heterocycles. The van der Waals surface area contributed by atoms with Gasteiger partial charge in [0.05, 0.1) is 6.42 Å². The lowest BCUT2D eigenvalue weighted by molar-refractivity contribution is -0.127. The lowest BCUT2D eigenvalue weighted by Gasteiger charge is -2.19. The Hall–Kier alpha value is -0.860. The minimum atomic E-state index is -0.122. The highest BCUT2D eigenvalue weighted by Crippen LogP contribution is 2.30. The lowest BCUT2D eigenvalue weighted by Crippen LogP contribution is -2.37. The molecule has 0 heterocycles. The summed E-state index contributed by atoms with van der Waals surface area (Å²) in [5.74, 6) is 1.02. The smallest absolute Gasteiger partial charge is 0.227 e. The third kappa shape index (κ3) is 2.82. The number of carbonyl (C=O) groups excluding carboxylic acids is 2. The monoisotopic (exact) mass is 197 g/mol. The molecule has 1 aliphatic carbocycles. The van der Waals surface area contributed by atoms with Crippen molar-refractivity contribution < 1.29 is 9.59 Å². The molecule has 3 unspecified atom stereocenters. The summed E-state index contributed by atoms with van der Waals surface area (Å²) in [4.78, 5) is 22.0. The van der Waals surface area contributed by atoms with Crippen LogP contribution in [0.25, 0.3) is 0 Å². The highest BCUT2D eigenvalue weighted by atomic mass is 16.2. The van der Waals surface area contributed by atoms with Gasteiger partial charge in [-0.2, -0.15) is 0 Å². The zero-order valence-corrected chi connectivity index (χ0v) is 9.17. The number of nitrogens with one attached hydrogen (secondary N) is 1. The summed E-state index contributed by atoms with van der Waals surface area (Å²) < 4.78 is 0. The molecular weight excluding hydrogens is 178 g/mol. The fourth-order valence-corrected chi connectivity index (χ4v) is 2.05. The standard InChI is InChI=1S/C11H19NO2/c1-7-4-5-10(9(7)3)12-11(14)6-8(2)13/h7,9-10H,4-6H2,1-3H3,(H,12,14). The van der Waals surface area contributed by atoms with E-state index in [1.165, 1.54) is 13.3 Å². The van der Waals surface area contributed by atoms with Gasteiger partial charge in [-0.1, -0.05) is 13.8 Å². The maximum atomic E-state index is 11.3. The Balaban J connectivity index is 2.37. The molecule has 14 heavy (non-hydrogen) atoms. The molecule has 1 N–H and O–H groups in total. The van der Waals surface area contributed by atoms with Crippen LogP contribution in [0.2, 0.25) is 0 Å². The molecule has 0 aromatic heterocycles. The molecule has 3 atom stereocenters. The van der Waals surface area contributed by atoms with E-state index in [4.69, 9.17) is 0 Å². The topological polar surface area (TPSA) is 46.2 Å². The number of amides is 1. The van der Waals surface area contributed by atoms with Gasteiger partial charge in [-0.05, 0) is 31.6 Å². The first kappa shape index (κ1) is 11.2. The van der Waals surface area contributed by atoms with Gasteiger partial charge in [0.25, 0.3) is 0 Å². The van der Waals surface area contributed by atoms with Crippen LogP contribution in [-0.4, -0.2) is 17.7 Å². The van der Waals surface area contributed by atoms with Gasteiger partial charge >= 0.3 is 0 Å². The number of Topliss-reactive ketones (excluding diaryl/α,β-unsaturated/α-hetero) is 1. The minimum Gasteiger partial charge on any atom is -0.353 e. The molecular formula is C11H19NO2. The number of hydrogen-bond donors (Lipinski definition) is 1. The summed E-state index contributed by atoms with van der Waals surface area (Å²) in [5.41, 5.74) is 0. The molecule has 0 bridgehead atoms. The Morgan fingerprint density at radius 1 is 1.29 bits per heavy atom. The molecule has 1 aliphatic rings. The lowest BCUT2D eigenvalue weighted by atomic mass is 9.98. The van der Waals surface area contributed by atoms with Gasteiger partial charge in [0.1, 0.15) is 5.78 Å². The predicted octanol–water partition coefficient (Wildman–Crippen LogP) is 1.52. The van der Waals surface area contributed by atoms with E-state index < -0.39 is 0 Å². The van der Waals surface area contributed by atoms with Crippen molar-refractivity contribution in [1.82, 2.24) is 5.32 Å². The van der Waals surface area contributed by atoms with E-state index >= 15 is 0 Å². The molecule has 1 saturated carbocycles. The summed E-state index contributed by atoms with van der Waals surface area (Å²) in [6.45, 7) is 5.82. The van der Waals surface area contributed by atoms with Gasteiger partial charge in [0.2, 0.25) is 5.91 Å². The van der Waals surface area contributed by atoms with Crippen LogP contribution in [0.4, 0.5) is 0 Å². The normalized spacial score (nSPS) is 31.5. The SMILES string of the molecule is CC(=O)CC(=O)NC1CCC(C)C1C. The summed E-state index contributed by atoms with van der Waals surface area (Å²) in [6.07, 6.45) is 2.25. The Morgan fingerprint density at radius 2 is 1.93 bits per heavy atom. The van der Waals surface area contributed by atoms with Crippen molar-refractivity contribution in [2.45, 2.75) is 46.1 Å². The van der Waals surface area contributed by atoms with Gasteiger partial charge in [0, 0.05) is 6.04 Å². The third-order valence-corrected chi connectivity index (χ3v) is 3.22. The number of hydrogen-bond acceptors (Lipinski definition) is 2. The molecule has 0 spiro atoms. The van der Waals surface area contributed by atoms with Gasteiger partial charge in [-0.25, -0.2) is 0 Å². The first-order chi connectivity index (χ1) is 6.50. The second-order valence-corrected chi connectivity index (χ2v) is 4.47. The molecule has 1 fully saturated rings. The van der Waals surface area contributed by atoms with Crippen molar-refractivity contribution in [1.29, 1.82) is 0 Å². The molecule has 1 rings (SSSR count). The van der Waals surface area contributed by atoms with Crippen LogP contribution >= 0.6 is 0 Å². The fourth-order valence-electron chi connectivity index (χ4n) is 2.05. The molecule has 0 aromatic rings. The van der Waals surface area contributed by atoms with E-state index in [9.17, 15) is 9.59 Å². The summed E-state index contributed by atoms with van der Waals surface area (Å²) in [7, 11) is 0. The molecule has 3 heteroatoms. The first-order valence-electron chi connectivity index (χ1n) is 5.29. The zero-order valence-electron chi connectivity index (χ0n) is 9.17. The van der Waals surface area contributed by atoms with Crippen LogP contribution in [0.1, 0.15) is 40.0 Å². The first-order valence-corrected chi connectivity index (χ1v) is 5.29. The van der Waals surface area contributed by atoms with Gasteiger partial charge in [0.15, 0.2) is 0 Å². The highest BCUT2D eigenvalue weighted by Gasteiger charge is 2.30.